The first-order valence-electron chi connectivity index (χ1n) is 14.3. The number of aliphatic hydroxyl groups excluding tert-OH is 1. The third-order valence-corrected chi connectivity index (χ3v) is 8.58. The molecule has 11 heteroatoms. The van der Waals surface area contributed by atoms with Gasteiger partial charge in [0.05, 0.1) is 30.1 Å². The van der Waals surface area contributed by atoms with Gasteiger partial charge < -0.3 is 19.9 Å². The maximum Gasteiger partial charge on any atom is 0.253 e. The Bertz CT molecular complexity index is 1650. The molecule has 1 amide bonds. The lowest BCUT2D eigenvalue weighted by Gasteiger charge is -2.41. The van der Waals surface area contributed by atoms with Gasteiger partial charge >= 0.3 is 0 Å². The first-order valence-corrected chi connectivity index (χ1v) is 15.3. The highest BCUT2D eigenvalue weighted by Crippen LogP contribution is 2.43. The molecule has 1 saturated heterocycles. The highest BCUT2D eigenvalue weighted by molar-refractivity contribution is 7.99. The Morgan fingerprint density at radius 2 is 1.68 bits per heavy atom. The van der Waals surface area contributed by atoms with E-state index in [2.05, 4.69) is 32.7 Å². The number of aliphatic hydroxyl groups is 1. The van der Waals surface area contributed by atoms with Gasteiger partial charge in [0.15, 0.2) is 6.29 Å². The predicted octanol–water partition coefficient (Wildman–Crippen LogP) is 5.06. The molecule has 6 rings (SSSR count). The van der Waals surface area contributed by atoms with E-state index in [9.17, 15) is 9.90 Å². The number of aromatic nitrogens is 5. The van der Waals surface area contributed by atoms with Crippen LogP contribution >= 0.6 is 11.8 Å². The van der Waals surface area contributed by atoms with Crippen molar-refractivity contribution in [2.75, 3.05) is 5.75 Å². The van der Waals surface area contributed by atoms with Crippen LogP contribution in [-0.4, -0.2) is 48.1 Å². The van der Waals surface area contributed by atoms with Crippen LogP contribution in [0.15, 0.2) is 109 Å². The van der Waals surface area contributed by atoms with Crippen molar-refractivity contribution in [3.63, 3.8) is 0 Å². The zero-order valence-electron chi connectivity index (χ0n) is 24.1. The highest BCUT2D eigenvalue weighted by Gasteiger charge is 2.38. The van der Waals surface area contributed by atoms with Crippen molar-refractivity contribution in [3.8, 4) is 5.69 Å². The number of hydrogen-bond donors (Lipinski definition) is 2. The summed E-state index contributed by atoms with van der Waals surface area (Å²) >= 11 is 1.54. The largest absolute Gasteiger partial charge is 0.392 e. The van der Waals surface area contributed by atoms with Crippen LogP contribution < -0.4 is 5.32 Å². The minimum atomic E-state index is -0.608. The molecule has 2 aromatic heterocycles. The van der Waals surface area contributed by atoms with Crippen LogP contribution in [0.2, 0.25) is 0 Å². The van der Waals surface area contributed by atoms with Gasteiger partial charge in [-0.05, 0) is 51.4 Å². The number of pyridine rings is 1. The van der Waals surface area contributed by atoms with E-state index in [1.54, 1.807) is 29.2 Å². The monoisotopic (exact) mass is 608 g/mol. The molecule has 0 aliphatic carbocycles. The lowest BCUT2D eigenvalue weighted by Crippen LogP contribution is -2.38. The average Bonchev–Trinajstić information content (AvgIpc) is 3.56. The molecule has 3 heterocycles. The number of carbonyl (C=O) groups is 1. The molecular weight excluding hydrogens is 576 g/mol. The standard InChI is InChI=1S/C33H32N6O4S/c1-22-29(21-44-33-36-37-38-39(33)28-7-3-2-4-8-28)42-32(43-30(22)25-13-11-24(20-40)12-14-25)26-15-9-23(10-16-26)18-35-31(41)27-6-5-17-34-19-27/h2-17,19,22,29-30,32,40H,18,20-21H2,1H3,(H,35,41)/t22-,29+,30+,32+/m1/s1. The number of thioether (sulfide) groups is 1. The van der Waals surface area contributed by atoms with Gasteiger partial charge in [-0.3, -0.25) is 9.78 Å². The molecule has 0 bridgehead atoms. The third kappa shape index (κ3) is 6.87. The molecule has 1 aliphatic heterocycles. The summed E-state index contributed by atoms with van der Waals surface area (Å²) in [6, 6.07) is 29.0. The number of tetrazole rings is 1. The number of amides is 1. The molecule has 1 fully saturated rings. The van der Waals surface area contributed by atoms with Gasteiger partial charge in [-0.2, -0.15) is 4.68 Å². The van der Waals surface area contributed by atoms with Crippen molar-refractivity contribution >= 4 is 17.7 Å². The Morgan fingerprint density at radius 3 is 2.41 bits per heavy atom. The number of nitrogens with one attached hydrogen (secondary N) is 1. The fraction of sp³-hybridized carbons (Fsp3) is 0.242. The summed E-state index contributed by atoms with van der Waals surface area (Å²) in [7, 11) is 0. The van der Waals surface area contributed by atoms with Crippen molar-refractivity contribution < 1.29 is 19.4 Å². The quantitative estimate of drug-likeness (QED) is 0.209. The van der Waals surface area contributed by atoms with Crippen LogP contribution in [0.3, 0.4) is 0 Å². The van der Waals surface area contributed by atoms with Gasteiger partial charge in [-0.1, -0.05) is 85.4 Å². The maximum atomic E-state index is 12.4. The first kappa shape index (κ1) is 29.6. The van der Waals surface area contributed by atoms with E-state index in [0.717, 1.165) is 27.9 Å². The lowest BCUT2D eigenvalue weighted by atomic mass is 9.91. The van der Waals surface area contributed by atoms with Crippen LogP contribution in [0, 0.1) is 5.92 Å². The van der Waals surface area contributed by atoms with E-state index in [1.165, 1.54) is 11.8 Å². The van der Waals surface area contributed by atoms with Crippen molar-refractivity contribution in [3.05, 3.63) is 131 Å². The molecule has 0 radical (unpaired) electrons. The molecule has 3 aromatic carbocycles. The summed E-state index contributed by atoms with van der Waals surface area (Å²) < 4.78 is 14.9. The van der Waals surface area contributed by atoms with Crippen molar-refractivity contribution in [1.29, 1.82) is 0 Å². The minimum absolute atomic E-state index is 0.0155. The molecule has 4 atom stereocenters. The second kappa shape index (κ2) is 13.9. The SMILES string of the molecule is C[C@@H]1[C@H](CSc2nnnn2-c2ccccc2)O[C@H](c2ccc(CNC(=O)c3cccnc3)cc2)O[C@@H]1c1ccc(CO)cc1. The zero-order valence-corrected chi connectivity index (χ0v) is 24.9. The molecule has 0 spiro atoms. The molecule has 0 saturated carbocycles. The molecule has 10 nitrogen and oxygen atoms in total. The summed E-state index contributed by atoms with van der Waals surface area (Å²) in [5.74, 6) is 0.448. The van der Waals surface area contributed by atoms with E-state index < -0.39 is 6.29 Å². The third-order valence-electron chi connectivity index (χ3n) is 7.57. The second-order valence-corrected chi connectivity index (χ2v) is 11.5. The number of hydrogen-bond acceptors (Lipinski definition) is 9. The number of para-hydroxylation sites is 1. The summed E-state index contributed by atoms with van der Waals surface area (Å²) in [4.78, 5) is 16.4. The number of ether oxygens (including phenoxy) is 2. The van der Waals surface area contributed by atoms with Gasteiger partial charge in [0, 0.05) is 36.2 Å². The number of carbonyl (C=O) groups excluding carboxylic acids is 1. The van der Waals surface area contributed by atoms with Crippen LogP contribution in [0.1, 0.15) is 51.9 Å². The Morgan fingerprint density at radius 1 is 0.932 bits per heavy atom. The smallest absolute Gasteiger partial charge is 0.253 e. The molecule has 1 aliphatic rings. The topological polar surface area (TPSA) is 124 Å². The Labute approximate surface area is 259 Å². The van der Waals surface area contributed by atoms with Crippen LogP contribution in [0.5, 0.6) is 0 Å². The van der Waals surface area contributed by atoms with E-state index in [4.69, 9.17) is 9.47 Å². The van der Waals surface area contributed by atoms with Gasteiger partial charge in [-0.15, -0.1) is 5.10 Å². The van der Waals surface area contributed by atoms with Gasteiger partial charge in [0.25, 0.3) is 5.91 Å². The Balaban J connectivity index is 1.18. The van der Waals surface area contributed by atoms with Crippen LogP contribution in [0.25, 0.3) is 5.69 Å². The molecule has 224 valence electrons. The van der Waals surface area contributed by atoms with Crippen molar-refractivity contribution in [1.82, 2.24) is 30.5 Å². The van der Waals surface area contributed by atoms with Gasteiger partial charge in [0.1, 0.15) is 0 Å². The second-order valence-electron chi connectivity index (χ2n) is 10.5. The van der Waals surface area contributed by atoms with Crippen molar-refractivity contribution in [2.45, 2.75) is 43.7 Å². The van der Waals surface area contributed by atoms with E-state index in [0.29, 0.717) is 23.0 Å². The lowest BCUT2D eigenvalue weighted by molar-refractivity contribution is -0.268. The fourth-order valence-corrected chi connectivity index (χ4v) is 6.09. The van der Waals surface area contributed by atoms with Crippen LogP contribution in [-0.2, 0) is 22.6 Å². The van der Waals surface area contributed by atoms with Crippen LogP contribution in [0.4, 0.5) is 0 Å². The van der Waals surface area contributed by atoms with E-state index >= 15 is 0 Å². The first-order chi connectivity index (χ1) is 21.6. The Hall–Kier alpha value is -4.42. The summed E-state index contributed by atoms with van der Waals surface area (Å²) in [6.45, 7) is 2.49. The van der Waals surface area contributed by atoms with E-state index in [1.807, 2.05) is 78.9 Å². The van der Waals surface area contributed by atoms with Gasteiger partial charge in [0.2, 0.25) is 5.16 Å². The summed E-state index contributed by atoms with van der Waals surface area (Å²) in [5, 5.41) is 25.5. The highest BCUT2D eigenvalue weighted by atomic mass is 32.2. The molecule has 5 aromatic rings. The molecular formula is C33H32N6O4S. The number of benzene rings is 3. The maximum absolute atomic E-state index is 12.4. The Kier molecular flexibility index (Phi) is 9.37. The minimum Gasteiger partial charge on any atom is -0.392 e. The summed E-state index contributed by atoms with van der Waals surface area (Å²) in [6.07, 6.45) is 2.15. The molecule has 0 unspecified atom stereocenters. The van der Waals surface area contributed by atoms with Crippen molar-refractivity contribution in [2.24, 2.45) is 5.92 Å². The van der Waals surface area contributed by atoms with E-state index in [-0.39, 0.29) is 30.6 Å². The normalized spacial score (nSPS) is 19.9. The molecule has 44 heavy (non-hydrogen) atoms. The zero-order chi connectivity index (χ0) is 30.3. The molecule has 2 N–H and O–H groups in total. The van der Waals surface area contributed by atoms with Gasteiger partial charge in [-0.25, -0.2) is 0 Å². The predicted molar refractivity (Wildman–Crippen MR) is 165 cm³/mol. The fourth-order valence-electron chi connectivity index (χ4n) is 5.04. The summed E-state index contributed by atoms with van der Waals surface area (Å²) in [5.41, 5.74) is 5.09. The number of rotatable bonds is 10. The average molecular weight is 609 g/mol. The number of nitrogens with zero attached hydrogens (tertiary/aromatic N) is 5.